The number of hydrogen-bond acceptors (Lipinski definition) is 3. The molecule has 0 unspecified atom stereocenters. The molecule has 0 aliphatic carbocycles. The van der Waals surface area contributed by atoms with Crippen LogP contribution in [0.4, 0.5) is 4.39 Å². The van der Waals surface area contributed by atoms with Gasteiger partial charge < -0.3 is 5.32 Å². The van der Waals surface area contributed by atoms with Crippen LogP contribution in [0.25, 0.3) is 11.4 Å². The highest BCUT2D eigenvalue weighted by molar-refractivity contribution is 5.55. The van der Waals surface area contributed by atoms with Crippen molar-refractivity contribution >= 4 is 0 Å². The molecule has 1 aromatic heterocycles. The van der Waals surface area contributed by atoms with Gasteiger partial charge in [-0.2, -0.15) is 5.10 Å². The number of H-pyrrole nitrogens is 1. The summed E-state index contributed by atoms with van der Waals surface area (Å²) in [5.41, 5.74) is 0.453. The standard InChI is InChI=1S/C13H15FN4/c14-11-4-2-1-3-10(11)13-16-12(17-18-13)9-5-7-15-8-6-9/h1-4,9,15H,5-8H2,(H,16,17,18). The quantitative estimate of drug-likeness (QED) is 0.853. The van der Waals surface area contributed by atoms with Crippen LogP contribution in [0.3, 0.4) is 0 Å². The van der Waals surface area contributed by atoms with Gasteiger partial charge in [0, 0.05) is 5.92 Å². The molecule has 1 fully saturated rings. The molecule has 5 heteroatoms. The van der Waals surface area contributed by atoms with Gasteiger partial charge in [-0.15, -0.1) is 0 Å². The lowest BCUT2D eigenvalue weighted by atomic mass is 9.98. The van der Waals surface area contributed by atoms with E-state index in [9.17, 15) is 4.39 Å². The van der Waals surface area contributed by atoms with E-state index < -0.39 is 0 Å². The maximum absolute atomic E-state index is 13.6. The van der Waals surface area contributed by atoms with Crippen molar-refractivity contribution in [3.05, 3.63) is 35.9 Å². The molecule has 2 N–H and O–H groups in total. The predicted molar refractivity (Wildman–Crippen MR) is 66.6 cm³/mol. The Morgan fingerprint density at radius 3 is 2.72 bits per heavy atom. The molecule has 0 atom stereocenters. The summed E-state index contributed by atoms with van der Waals surface area (Å²) in [5.74, 6) is 1.43. The van der Waals surface area contributed by atoms with E-state index in [1.807, 2.05) is 0 Å². The van der Waals surface area contributed by atoms with E-state index in [1.165, 1.54) is 6.07 Å². The van der Waals surface area contributed by atoms with Crippen LogP contribution in [0.2, 0.25) is 0 Å². The van der Waals surface area contributed by atoms with Crippen LogP contribution >= 0.6 is 0 Å². The Balaban J connectivity index is 1.87. The smallest absolute Gasteiger partial charge is 0.184 e. The van der Waals surface area contributed by atoms with Gasteiger partial charge in [0.25, 0.3) is 0 Å². The van der Waals surface area contributed by atoms with Crippen LogP contribution < -0.4 is 5.32 Å². The average Bonchev–Trinajstić information content (AvgIpc) is 2.90. The van der Waals surface area contributed by atoms with Crippen molar-refractivity contribution in [1.29, 1.82) is 0 Å². The van der Waals surface area contributed by atoms with Crippen LogP contribution in [-0.2, 0) is 0 Å². The molecule has 0 amide bonds. The Hall–Kier alpha value is -1.75. The van der Waals surface area contributed by atoms with Gasteiger partial charge >= 0.3 is 0 Å². The molecule has 1 aliphatic heterocycles. The van der Waals surface area contributed by atoms with Crippen LogP contribution in [0, 0.1) is 5.82 Å². The zero-order valence-electron chi connectivity index (χ0n) is 9.99. The Morgan fingerprint density at radius 2 is 1.94 bits per heavy atom. The molecule has 1 aliphatic rings. The molecule has 0 bridgehead atoms. The van der Waals surface area contributed by atoms with Crippen molar-refractivity contribution in [2.45, 2.75) is 18.8 Å². The van der Waals surface area contributed by atoms with Crippen molar-refractivity contribution in [3.8, 4) is 11.4 Å². The number of aromatic amines is 1. The topological polar surface area (TPSA) is 53.6 Å². The Morgan fingerprint density at radius 1 is 1.17 bits per heavy atom. The molecule has 0 radical (unpaired) electrons. The van der Waals surface area contributed by atoms with Gasteiger partial charge in [0.2, 0.25) is 0 Å². The first-order valence-corrected chi connectivity index (χ1v) is 6.22. The molecule has 2 aromatic rings. The van der Waals surface area contributed by atoms with Crippen molar-refractivity contribution in [2.75, 3.05) is 13.1 Å². The fourth-order valence-electron chi connectivity index (χ4n) is 2.32. The van der Waals surface area contributed by atoms with E-state index in [2.05, 4.69) is 20.5 Å². The molecular formula is C13H15FN4. The summed E-state index contributed by atoms with van der Waals surface area (Å²) in [6, 6.07) is 6.58. The SMILES string of the molecule is Fc1ccccc1-c1n[nH]c(C2CCNCC2)n1. The van der Waals surface area contributed by atoms with Crippen LogP contribution in [0.5, 0.6) is 0 Å². The number of aromatic nitrogens is 3. The van der Waals surface area contributed by atoms with Crippen LogP contribution in [0.1, 0.15) is 24.6 Å². The molecule has 1 aromatic carbocycles. The number of rotatable bonds is 2. The summed E-state index contributed by atoms with van der Waals surface area (Å²) in [4.78, 5) is 4.43. The van der Waals surface area contributed by atoms with Gasteiger partial charge in [-0.1, -0.05) is 12.1 Å². The highest BCUT2D eigenvalue weighted by Gasteiger charge is 2.19. The lowest BCUT2D eigenvalue weighted by molar-refractivity contribution is 0.446. The lowest BCUT2D eigenvalue weighted by Crippen LogP contribution is -2.27. The van der Waals surface area contributed by atoms with E-state index in [0.717, 1.165) is 31.8 Å². The van der Waals surface area contributed by atoms with Crippen molar-refractivity contribution in [3.63, 3.8) is 0 Å². The molecule has 3 rings (SSSR count). The van der Waals surface area contributed by atoms with Crippen LogP contribution in [-0.4, -0.2) is 28.3 Å². The summed E-state index contributed by atoms with van der Waals surface area (Å²) >= 11 is 0. The number of hydrogen-bond donors (Lipinski definition) is 2. The Labute approximate surface area is 105 Å². The molecule has 18 heavy (non-hydrogen) atoms. The number of nitrogens with one attached hydrogen (secondary N) is 2. The third-order valence-corrected chi connectivity index (χ3v) is 3.34. The van der Waals surface area contributed by atoms with E-state index in [0.29, 0.717) is 17.3 Å². The molecular weight excluding hydrogens is 231 g/mol. The van der Waals surface area contributed by atoms with Gasteiger partial charge in [0.05, 0.1) is 5.56 Å². The number of piperidine rings is 1. The van der Waals surface area contributed by atoms with Gasteiger partial charge in [-0.25, -0.2) is 9.37 Å². The van der Waals surface area contributed by atoms with E-state index in [-0.39, 0.29) is 5.82 Å². The van der Waals surface area contributed by atoms with Gasteiger partial charge in [0.1, 0.15) is 11.6 Å². The minimum Gasteiger partial charge on any atom is -0.317 e. The molecule has 4 nitrogen and oxygen atoms in total. The normalized spacial score (nSPS) is 16.9. The summed E-state index contributed by atoms with van der Waals surface area (Å²) in [6.07, 6.45) is 2.10. The maximum Gasteiger partial charge on any atom is 0.184 e. The van der Waals surface area contributed by atoms with Crippen molar-refractivity contribution in [1.82, 2.24) is 20.5 Å². The first kappa shape index (κ1) is 11.3. The fourth-order valence-corrected chi connectivity index (χ4v) is 2.32. The third-order valence-electron chi connectivity index (χ3n) is 3.34. The average molecular weight is 246 g/mol. The molecule has 0 spiro atoms. The molecule has 2 heterocycles. The van der Waals surface area contributed by atoms with Crippen molar-refractivity contribution in [2.24, 2.45) is 0 Å². The first-order valence-electron chi connectivity index (χ1n) is 6.22. The van der Waals surface area contributed by atoms with E-state index in [4.69, 9.17) is 0 Å². The first-order chi connectivity index (χ1) is 8.84. The highest BCUT2D eigenvalue weighted by Crippen LogP contribution is 2.25. The van der Waals surface area contributed by atoms with Gasteiger partial charge in [-0.05, 0) is 38.1 Å². The lowest BCUT2D eigenvalue weighted by Gasteiger charge is -2.19. The molecule has 0 saturated carbocycles. The van der Waals surface area contributed by atoms with Gasteiger partial charge in [-0.3, -0.25) is 5.10 Å². The van der Waals surface area contributed by atoms with Crippen LogP contribution in [0.15, 0.2) is 24.3 Å². The minimum absolute atomic E-state index is 0.284. The zero-order valence-corrected chi connectivity index (χ0v) is 9.99. The fraction of sp³-hybridized carbons (Fsp3) is 0.385. The maximum atomic E-state index is 13.6. The largest absolute Gasteiger partial charge is 0.317 e. The second-order valence-corrected chi connectivity index (χ2v) is 4.55. The summed E-state index contributed by atoms with van der Waals surface area (Å²) in [6.45, 7) is 2.00. The number of halogens is 1. The van der Waals surface area contributed by atoms with E-state index >= 15 is 0 Å². The highest BCUT2D eigenvalue weighted by atomic mass is 19.1. The predicted octanol–water partition coefficient (Wildman–Crippen LogP) is 2.08. The summed E-state index contributed by atoms with van der Waals surface area (Å²) in [5, 5.41) is 10.4. The monoisotopic (exact) mass is 246 g/mol. The van der Waals surface area contributed by atoms with Crippen molar-refractivity contribution < 1.29 is 4.39 Å². The second-order valence-electron chi connectivity index (χ2n) is 4.55. The summed E-state index contributed by atoms with van der Waals surface area (Å²) in [7, 11) is 0. The Kier molecular flexibility index (Phi) is 3.06. The summed E-state index contributed by atoms with van der Waals surface area (Å²) < 4.78 is 13.6. The van der Waals surface area contributed by atoms with E-state index in [1.54, 1.807) is 18.2 Å². The minimum atomic E-state index is -0.284. The van der Waals surface area contributed by atoms with Gasteiger partial charge in [0.15, 0.2) is 5.82 Å². The zero-order chi connectivity index (χ0) is 12.4. The Bertz CT molecular complexity index is 531. The number of nitrogens with zero attached hydrogens (tertiary/aromatic N) is 2. The number of benzene rings is 1. The second kappa shape index (κ2) is 4.86. The molecule has 94 valence electrons. The molecule has 1 saturated heterocycles. The third kappa shape index (κ3) is 2.13.